The van der Waals surface area contributed by atoms with Gasteiger partial charge in [0, 0.05) is 13.0 Å². The van der Waals surface area contributed by atoms with Crippen LogP contribution in [0.3, 0.4) is 0 Å². The van der Waals surface area contributed by atoms with Crippen molar-refractivity contribution in [2.24, 2.45) is 0 Å². The van der Waals surface area contributed by atoms with Crippen LogP contribution in [-0.2, 0) is 4.74 Å². The summed E-state index contributed by atoms with van der Waals surface area (Å²) in [6, 6.07) is 7.67. The predicted octanol–water partition coefficient (Wildman–Crippen LogP) is 1.93. The fourth-order valence-corrected chi connectivity index (χ4v) is 1.88. The second-order valence-corrected chi connectivity index (χ2v) is 5.40. The zero-order valence-corrected chi connectivity index (χ0v) is 13.8. The molecule has 0 aliphatic heterocycles. The van der Waals surface area contributed by atoms with Crippen molar-refractivity contribution in [2.45, 2.75) is 12.6 Å². The normalized spacial score (nSPS) is 12.7. The van der Waals surface area contributed by atoms with E-state index < -0.39 is 0 Å². The van der Waals surface area contributed by atoms with Crippen molar-refractivity contribution < 1.29 is 14.2 Å². The van der Waals surface area contributed by atoms with E-state index in [0.717, 1.165) is 24.5 Å². The molecule has 0 radical (unpaired) electrons. The van der Waals surface area contributed by atoms with Crippen LogP contribution in [-0.4, -0.2) is 71.1 Å². The van der Waals surface area contributed by atoms with Crippen LogP contribution in [0, 0.1) is 0 Å². The third kappa shape index (κ3) is 6.80. The lowest BCUT2D eigenvalue weighted by molar-refractivity contribution is -0.0512. The van der Waals surface area contributed by atoms with Crippen molar-refractivity contribution in [3.63, 3.8) is 0 Å². The quantitative estimate of drug-likeness (QED) is 0.487. The highest BCUT2D eigenvalue weighted by Crippen LogP contribution is 2.25. The molecule has 0 saturated heterocycles. The smallest absolute Gasteiger partial charge is 0.161 e. The fourth-order valence-electron chi connectivity index (χ4n) is 1.88. The summed E-state index contributed by atoms with van der Waals surface area (Å²) in [6.45, 7) is 2.16. The summed E-state index contributed by atoms with van der Waals surface area (Å²) in [5.74, 6) is 1.54. The molecule has 1 aromatic carbocycles. The average Bonchev–Trinajstić information content (AvgIpc) is 2.45. The van der Waals surface area contributed by atoms with Gasteiger partial charge in [0.1, 0.15) is 6.23 Å². The molecule has 120 valence electrons. The van der Waals surface area contributed by atoms with E-state index in [1.807, 2.05) is 52.5 Å². The van der Waals surface area contributed by atoms with E-state index in [-0.39, 0.29) is 6.23 Å². The lowest BCUT2D eigenvalue weighted by Gasteiger charge is -2.27. The molecular formula is C16H28N2O3. The highest BCUT2D eigenvalue weighted by Gasteiger charge is 2.12. The summed E-state index contributed by atoms with van der Waals surface area (Å²) < 4.78 is 16.9. The lowest BCUT2D eigenvalue weighted by Crippen LogP contribution is -2.39. The van der Waals surface area contributed by atoms with E-state index >= 15 is 0 Å². The Balaban J connectivity index is 2.27. The first kappa shape index (κ1) is 17.8. The Bertz CT molecular complexity index is 397. The van der Waals surface area contributed by atoms with E-state index in [2.05, 4.69) is 9.80 Å². The van der Waals surface area contributed by atoms with Gasteiger partial charge in [-0.25, -0.2) is 0 Å². The standard InChI is InChI=1S/C16H28N2O3/c1-17(2)13-16(18(3)4)21-12-8-11-20-15-10-7-6-9-14(15)19-5/h6-7,9-10,16H,8,11-13H2,1-5H3. The maximum atomic E-state index is 5.88. The minimum atomic E-state index is 0.103. The molecule has 0 saturated carbocycles. The van der Waals surface area contributed by atoms with Gasteiger partial charge in [0.25, 0.3) is 0 Å². The van der Waals surface area contributed by atoms with Crippen LogP contribution in [0.1, 0.15) is 6.42 Å². The Kier molecular flexibility index (Phi) is 8.12. The minimum Gasteiger partial charge on any atom is -0.493 e. The van der Waals surface area contributed by atoms with Crippen LogP contribution in [0.15, 0.2) is 24.3 Å². The van der Waals surface area contributed by atoms with Crippen LogP contribution in [0.5, 0.6) is 11.5 Å². The van der Waals surface area contributed by atoms with Crippen molar-refractivity contribution in [1.82, 2.24) is 9.80 Å². The number of hydrogen-bond donors (Lipinski definition) is 0. The molecule has 0 spiro atoms. The molecule has 0 heterocycles. The maximum absolute atomic E-state index is 5.88. The molecule has 1 unspecified atom stereocenters. The molecule has 1 rings (SSSR count). The number of methoxy groups -OCH3 is 1. The van der Waals surface area contributed by atoms with Crippen molar-refractivity contribution in [3.05, 3.63) is 24.3 Å². The highest BCUT2D eigenvalue weighted by molar-refractivity contribution is 5.39. The fraction of sp³-hybridized carbons (Fsp3) is 0.625. The van der Waals surface area contributed by atoms with Crippen LogP contribution in [0.4, 0.5) is 0 Å². The van der Waals surface area contributed by atoms with Gasteiger partial charge in [0.05, 0.1) is 20.3 Å². The number of rotatable bonds is 10. The molecule has 5 heteroatoms. The van der Waals surface area contributed by atoms with E-state index in [4.69, 9.17) is 14.2 Å². The molecule has 1 aromatic rings. The summed E-state index contributed by atoms with van der Waals surface area (Å²) >= 11 is 0. The Labute approximate surface area is 128 Å². The molecule has 0 aliphatic carbocycles. The Hall–Kier alpha value is -1.30. The van der Waals surface area contributed by atoms with Crippen LogP contribution in [0.2, 0.25) is 0 Å². The monoisotopic (exact) mass is 296 g/mol. The van der Waals surface area contributed by atoms with Gasteiger partial charge in [-0.15, -0.1) is 0 Å². The highest BCUT2D eigenvalue weighted by atomic mass is 16.5. The van der Waals surface area contributed by atoms with Crippen molar-refractivity contribution in [1.29, 1.82) is 0 Å². The summed E-state index contributed by atoms with van der Waals surface area (Å²) in [5.41, 5.74) is 0. The van der Waals surface area contributed by atoms with Crippen LogP contribution in [0.25, 0.3) is 0 Å². The lowest BCUT2D eigenvalue weighted by atomic mass is 10.3. The van der Waals surface area contributed by atoms with Crippen molar-refractivity contribution >= 4 is 0 Å². The first-order valence-corrected chi connectivity index (χ1v) is 7.23. The van der Waals surface area contributed by atoms with Gasteiger partial charge in [0.15, 0.2) is 11.5 Å². The molecule has 0 aromatic heterocycles. The number of ether oxygens (including phenoxy) is 3. The van der Waals surface area contributed by atoms with Gasteiger partial charge in [-0.1, -0.05) is 12.1 Å². The van der Waals surface area contributed by atoms with Gasteiger partial charge >= 0.3 is 0 Å². The first-order chi connectivity index (χ1) is 10.0. The summed E-state index contributed by atoms with van der Waals surface area (Å²) in [6.07, 6.45) is 0.946. The Morgan fingerprint density at radius 3 is 2.24 bits per heavy atom. The van der Waals surface area contributed by atoms with Crippen LogP contribution < -0.4 is 9.47 Å². The number of benzene rings is 1. The molecular weight excluding hydrogens is 268 g/mol. The number of para-hydroxylation sites is 2. The SMILES string of the molecule is COc1ccccc1OCCCOC(CN(C)C)N(C)C. The van der Waals surface area contributed by atoms with E-state index in [1.54, 1.807) is 7.11 Å². The second kappa shape index (κ2) is 9.60. The van der Waals surface area contributed by atoms with Gasteiger partial charge < -0.3 is 19.1 Å². The molecule has 0 bridgehead atoms. The molecule has 0 N–H and O–H groups in total. The third-order valence-corrected chi connectivity index (χ3v) is 3.02. The molecule has 0 amide bonds. The Morgan fingerprint density at radius 2 is 1.67 bits per heavy atom. The molecule has 0 aliphatic rings. The molecule has 21 heavy (non-hydrogen) atoms. The predicted molar refractivity (Wildman–Crippen MR) is 85.1 cm³/mol. The number of nitrogens with zero attached hydrogens (tertiary/aromatic N) is 2. The van der Waals surface area contributed by atoms with Gasteiger partial charge in [0.2, 0.25) is 0 Å². The molecule has 5 nitrogen and oxygen atoms in total. The number of likely N-dealkylation sites (N-methyl/N-ethyl adjacent to an activating group) is 2. The first-order valence-electron chi connectivity index (χ1n) is 7.23. The Morgan fingerprint density at radius 1 is 1.00 bits per heavy atom. The van der Waals surface area contributed by atoms with E-state index in [9.17, 15) is 0 Å². The minimum absolute atomic E-state index is 0.103. The average molecular weight is 296 g/mol. The zero-order chi connectivity index (χ0) is 15.7. The van der Waals surface area contributed by atoms with Gasteiger partial charge in [-0.05, 0) is 40.3 Å². The van der Waals surface area contributed by atoms with E-state index in [1.165, 1.54) is 0 Å². The topological polar surface area (TPSA) is 34.2 Å². The largest absolute Gasteiger partial charge is 0.493 e. The molecule has 1 atom stereocenters. The van der Waals surface area contributed by atoms with Crippen molar-refractivity contribution in [3.8, 4) is 11.5 Å². The molecule has 0 fully saturated rings. The summed E-state index contributed by atoms with van der Waals surface area (Å²) in [5, 5.41) is 0. The number of hydrogen-bond acceptors (Lipinski definition) is 5. The third-order valence-electron chi connectivity index (χ3n) is 3.02. The van der Waals surface area contributed by atoms with E-state index in [0.29, 0.717) is 13.2 Å². The summed E-state index contributed by atoms with van der Waals surface area (Å²) in [4.78, 5) is 4.21. The van der Waals surface area contributed by atoms with Gasteiger partial charge in [-0.3, -0.25) is 4.90 Å². The zero-order valence-electron chi connectivity index (χ0n) is 13.8. The second-order valence-electron chi connectivity index (χ2n) is 5.40. The summed E-state index contributed by atoms with van der Waals surface area (Å²) in [7, 11) is 9.79. The maximum Gasteiger partial charge on any atom is 0.161 e. The van der Waals surface area contributed by atoms with Crippen molar-refractivity contribution in [2.75, 3.05) is 55.1 Å². The van der Waals surface area contributed by atoms with Crippen LogP contribution >= 0.6 is 0 Å². The van der Waals surface area contributed by atoms with Gasteiger partial charge in [-0.2, -0.15) is 0 Å².